The summed E-state index contributed by atoms with van der Waals surface area (Å²) in [6, 6.07) is 23.4. The fourth-order valence-corrected chi connectivity index (χ4v) is 3.06. The second-order valence-corrected chi connectivity index (χ2v) is 6.25. The van der Waals surface area contributed by atoms with E-state index in [-0.39, 0.29) is 16.9 Å². The molecule has 0 aliphatic heterocycles. The van der Waals surface area contributed by atoms with Crippen molar-refractivity contribution >= 4 is 5.88 Å². The van der Waals surface area contributed by atoms with Gasteiger partial charge in [0.05, 0.1) is 6.07 Å². The average Bonchev–Trinajstić information content (AvgIpc) is 3.24. The van der Waals surface area contributed by atoms with E-state index in [4.69, 9.17) is 4.42 Å². The summed E-state index contributed by atoms with van der Waals surface area (Å²) in [7, 11) is 0. The summed E-state index contributed by atoms with van der Waals surface area (Å²) < 4.78 is 5.19. The first kappa shape index (κ1) is 17.9. The lowest BCUT2D eigenvalue weighted by molar-refractivity contribution is -0.401. The van der Waals surface area contributed by atoms with E-state index < -0.39 is 16.4 Å². The molecule has 7 nitrogen and oxygen atoms in total. The number of nitrogens with zero attached hydrogens (tertiary/aromatic N) is 2. The minimum Gasteiger partial charge on any atom is -0.401 e. The molecule has 0 fully saturated rings. The Morgan fingerprint density at radius 3 is 2.21 bits per heavy atom. The normalized spacial score (nSPS) is 10.4. The summed E-state index contributed by atoms with van der Waals surface area (Å²) in [5.74, 6) is -0.376. The predicted octanol–water partition coefficient (Wildman–Crippen LogP) is 4.75. The Morgan fingerprint density at radius 2 is 1.59 bits per heavy atom. The molecule has 0 aliphatic carbocycles. The van der Waals surface area contributed by atoms with Gasteiger partial charge in [-0.3, -0.25) is 14.9 Å². The van der Waals surface area contributed by atoms with Crippen molar-refractivity contribution in [1.29, 1.82) is 5.26 Å². The van der Waals surface area contributed by atoms with Crippen LogP contribution in [-0.2, 0) is 0 Å². The summed E-state index contributed by atoms with van der Waals surface area (Å²) in [6.45, 7) is 0. The fourth-order valence-electron chi connectivity index (χ4n) is 3.06. The van der Waals surface area contributed by atoms with E-state index in [0.29, 0.717) is 5.69 Å². The first-order valence-electron chi connectivity index (χ1n) is 8.64. The Hall–Kier alpha value is -4.44. The number of H-pyrrole nitrogens is 1. The van der Waals surface area contributed by atoms with Gasteiger partial charge in [-0.2, -0.15) is 5.26 Å². The van der Waals surface area contributed by atoms with E-state index in [2.05, 4.69) is 4.98 Å². The number of nitrogens with one attached hydrogen (secondary N) is 1. The first-order chi connectivity index (χ1) is 14.1. The molecule has 29 heavy (non-hydrogen) atoms. The highest BCUT2D eigenvalue weighted by Gasteiger charge is 2.19. The average molecular weight is 383 g/mol. The van der Waals surface area contributed by atoms with E-state index in [1.807, 2.05) is 60.7 Å². The highest BCUT2D eigenvalue weighted by molar-refractivity contribution is 5.74. The van der Waals surface area contributed by atoms with Crippen LogP contribution in [0.4, 0.5) is 5.88 Å². The number of pyridine rings is 1. The Balaban J connectivity index is 1.79. The van der Waals surface area contributed by atoms with Gasteiger partial charge in [0, 0.05) is 11.3 Å². The first-order valence-corrected chi connectivity index (χ1v) is 8.64. The molecule has 0 aliphatic rings. The highest BCUT2D eigenvalue weighted by atomic mass is 16.6. The third kappa shape index (κ3) is 3.42. The van der Waals surface area contributed by atoms with Crippen molar-refractivity contribution in [3.63, 3.8) is 0 Å². The molecule has 0 atom stereocenters. The molecule has 0 radical (unpaired) electrons. The van der Waals surface area contributed by atoms with Crippen LogP contribution < -0.4 is 5.56 Å². The van der Waals surface area contributed by atoms with E-state index in [1.54, 1.807) is 6.07 Å². The maximum absolute atomic E-state index is 12.4. The van der Waals surface area contributed by atoms with Crippen LogP contribution in [0.2, 0.25) is 0 Å². The fraction of sp³-hybridized carbons (Fsp3) is 0. The van der Waals surface area contributed by atoms with Gasteiger partial charge in [0.2, 0.25) is 0 Å². The molecule has 4 aromatic rings. The Morgan fingerprint density at radius 1 is 0.931 bits per heavy atom. The quantitative estimate of drug-likeness (QED) is 0.404. The van der Waals surface area contributed by atoms with Crippen molar-refractivity contribution in [3.8, 4) is 39.8 Å². The summed E-state index contributed by atoms with van der Waals surface area (Å²) in [5, 5.41) is 20.2. The minimum absolute atomic E-state index is 0.0847. The molecule has 4 rings (SSSR count). The lowest BCUT2D eigenvalue weighted by Gasteiger charge is -2.07. The summed E-state index contributed by atoms with van der Waals surface area (Å²) >= 11 is 0. The molecule has 2 heterocycles. The standard InChI is InChI=1S/C22H13N3O4/c23-13-18-17(20-10-11-21(29-20)25(27)28)12-19(24-22(18)26)16-8-6-15(7-9-16)14-4-2-1-3-5-14/h1-12H,(H,24,26). The zero-order valence-corrected chi connectivity index (χ0v) is 15.0. The summed E-state index contributed by atoms with van der Waals surface area (Å²) in [4.78, 5) is 25.3. The van der Waals surface area contributed by atoms with Gasteiger partial charge in [-0.15, -0.1) is 0 Å². The number of aromatic nitrogens is 1. The monoisotopic (exact) mass is 383 g/mol. The Bertz CT molecular complexity index is 1300. The number of benzene rings is 2. The van der Waals surface area contributed by atoms with Crippen LogP contribution in [0.3, 0.4) is 0 Å². The zero-order chi connectivity index (χ0) is 20.4. The minimum atomic E-state index is -0.675. The number of furan rings is 1. The number of hydrogen-bond donors (Lipinski definition) is 1. The van der Waals surface area contributed by atoms with Gasteiger partial charge in [0.25, 0.3) is 5.56 Å². The molecule has 2 aromatic carbocycles. The number of rotatable bonds is 4. The van der Waals surface area contributed by atoms with Crippen LogP contribution >= 0.6 is 0 Å². The van der Waals surface area contributed by atoms with Crippen LogP contribution in [0.1, 0.15) is 5.56 Å². The number of hydrogen-bond acceptors (Lipinski definition) is 5. The van der Waals surface area contributed by atoms with E-state index in [9.17, 15) is 20.2 Å². The van der Waals surface area contributed by atoms with Gasteiger partial charge in [0.15, 0.2) is 0 Å². The van der Waals surface area contributed by atoms with Crippen LogP contribution in [0.5, 0.6) is 0 Å². The molecular weight excluding hydrogens is 370 g/mol. The molecule has 7 heteroatoms. The van der Waals surface area contributed by atoms with Gasteiger partial charge in [0.1, 0.15) is 22.3 Å². The lowest BCUT2D eigenvalue weighted by Crippen LogP contribution is -2.12. The van der Waals surface area contributed by atoms with Crippen LogP contribution in [-0.4, -0.2) is 9.91 Å². The van der Waals surface area contributed by atoms with Crippen molar-refractivity contribution in [2.45, 2.75) is 0 Å². The second kappa shape index (κ2) is 7.29. The molecule has 140 valence electrons. The smallest absolute Gasteiger partial charge is 0.401 e. The SMILES string of the molecule is N#Cc1c(-c2ccc([N+](=O)[O-])o2)cc(-c2ccc(-c3ccccc3)cc2)[nH]c1=O. The highest BCUT2D eigenvalue weighted by Crippen LogP contribution is 2.30. The van der Waals surface area contributed by atoms with Crippen molar-refractivity contribution < 1.29 is 9.34 Å². The van der Waals surface area contributed by atoms with Gasteiger partial charge in [-0.1, -0.05) is 54.6 Å². The maximum Gasteiger partial charge on any atom is 0.433 e. The predicted molar refractivity (Wildman–Crippen MR) is 107 cm³/mol. The molecule has 0 bridgehead atoms. The molecule has 0 saturated heterocycles. The molecule has 0 spiro atoms. The lowest BCUT2D eigenvalue weighted by atomic mass is 10.0. The van der Waals surface area contributed by atoms with Crippen molar-refractivity contribution in [3.05, 3.63) is 98.8 Å². The molecule has 2 aromatic heterocycles. The van der Waals surface area contributed by atoms with Crippen LogP contribution in [0.15, 0.2) is 82.0 Å². The van der Waals surface area contributed by atoms with Crippen molar-refractivity contribution in [2.75, 3.05) is 0 Å². The number of nitriles is 1. The molecule has 0 amide bonds. The van der Waals surface area contributed by atoms with E-state index in [1.165, 1.54) is 12.1 Å². The summed E-state index contributed by atoms with van der Waals surface area (Å²) in [5.41, 5.74) is 2.73. The Labute approximate surface area is 164 Å². The molecule has 0 saturated carbocycles. The third-order valence-electron chi connectivity index (χ3n) is 4.49. The third-order valence-corrected chi connectivity index (χ3v) is 4.49. The van der Waals surface area contributed by atoms with Gasteiger partial charge >= 0.3 is 5.88 Å². The van der Waals surface area contributed by atoms with E-state index in [0.717, 1.165) is 16.7 Å². The van der Waals surface area contributed by atoms with Gasteiger partial charge in [-0.25, -0.2) is 0 Å². The molecular formula is C22H13N3O4. The zero-order valence-electron chi connectivity index (χ0n) is 15.0. The maximum atomic E-state index is 12.4. The number of aromatic amines is 1. The van der Waals surface area contributed by atoms with E-state index >= 15 is 0 Å². The largest absolute Gasteiger partial charge is 0.433 e. The molecule has 1 N–H and O–H groups in total. The topological polar surface area (TPSA) is 113 Å². The summed E-state index contributed by atoms with van der Waals surface area (Å²) in [6.07, 6.45) is 0. The van der Waals surface area contributed by atoms with Crippen LogP contribution in [0, 0.1) is 21.4 Å². The van der Waals surface area contributed by atoms with Crippen molar-refractivity contribution in [1.82, 2.24) is 4.98 Å². The van der Waals surface area contributed by atoms with Crippen LogP contribution in [0.25, 0.3) is 33.7 Å². The second-order valence-electron chi connectivity index (χ2n) is 6.25. The number of nitro groups is 1. The van der Waals surface area contributed by atoms with Crippen molar-refractivity contribution in [2.24, 2.45) is 0 Å². The Kier molecular flexibility index (Phi) is 4.51. The van der Waals surface area contributed by atoms with Gasteiger partial charge in [-0.05, 0) is 28.8 Å². The van der Waals surface area contributed by atoms with Gasteiger partial charge < -0.3 is 9.40 Å². The molecule has 0 unspecified atom stereocenters.